The van der Waals surface area contributed by atoms with E-state index in [0.29, 0.717) is 0 Å². The molecule has 0 saturated heterocycles. The van der Waals surface area contributed by atoms with Gasteiger partial charge in [0.1, 0.15) is 5.60 Å². The van der Waals surface area contributed by atoms with E-state index in [0.717, 1.165) is 6.92 Å². The van der Waals surface area contributed by atoms with Crippen molar-refractivity contribution in [2.45, 2.75) is 40.2 Å². The molecule has 0 amide bonds. The van der Waals surface area contributed by atoms with Crippen molar-refractivity contribution in [1.82, 2.24) is 0 Å². The molecule has 0 N–H and O–H groups in total. The Morgan fingerprint density at radius 3 is 1.94 bits per heavy atom. The van der Waals surface area contributed by atoms with Gasteiger partial charge in [0.2, 0.25) is 0 Å². The van der Waals surface area contributed by atoms with Crippen LogP contribution in [0.25, 0.3) is 0 Å². The van der Waals surface area contributed by atoms with E-state index in [4.69, 9.17) is 4.74 Å². The minimum absolute atomic E-state index is 0.0104. The standard InChI is InChI=1S/C12H18O6/c1-6-17-11(16)9(14)8(7(2)13)10(15)18-12(3,4)5/h8H,6H2,1-5H3. The molecule has 6 nitrogen and oxygen atoms in total. The first-order valence-corrected chi connectivity index (χ1v) is 5.54. The molecule has 0 radical (unpaired) electrons. The van der Waals surface area contributed by atoms with Gasteiger partial charge >= 0.3 is 11.9 Å². The van der Waals surface area contributed by atoms with Crippen LogP contribution in [0.4, 0.5) is 0 Å². The lowest BCUT2D eigenvalue weighted by atomic mass is 9.99. The van der Waals surface area contributed by atoms with Crippen LogP contribution in [-0.4, -0.2) is 35.7 Å². The van der Waals surface area contributed by atoms with Crippen molar-refractivity contribution < 1.29 is 28.7 Å². The number of hydrogen-bond donors (Lipinski definition) is 0. The monoisotopic (exact) mass is 258 g/mol. The molecule has 0 aliphatic rings. The molecule has 0 saturated carbocycles. The lowest BCUT2D eigenvalue weighted by Gasteiger charge is -2.21. The zero-order chi connectivity index (χ0) is 14.5. The summed E-state index contributed by atoms with van der Waals surface area (Å²) in [5.41, 5.74) is -0.847. The molecule has 0 aromatic heterocycles. The normalized spacial score (nSPS) is 12.5. The topological polar surface area (TPSA) is 86.7 Å². The van der Waals surface area contributed by atoms with Gasteiger partial charge in [0.05, 0.1) is 6.61 Å². The van der Waals surface area contributed by atoms with Gasteiger partial charge in [-0.25, -0.2) is 4.79 Å². The number of esters is 2. The fraction of sp³-hybridized carbons (Fsp3) is 0.667. The zero-order valence-corrected chi connectivity index (χ0v) is 11.2. The summed E-state index contributed by atoms with van der Waals surface area (Å²) in [6, 6.07) is 0. The van der Waals surface area contributed by atoms with E-state index in [1.165, 1.54) is 6.92 Å². The number of rotatable bonds is 5. The first-order chi connectivity index (χ1) is 8.10. The minimum Gasteiger partial charge on any atom is -0.460 e. The number of carbonyl (C=O) groups is 4. The lowest BCUT2D eigenvalue weighted by molar-refractivity contribution is -0.169. The van der Waals surface area contributed by atoms with E-state index in [2.05, 4.69) is 4.74 Å². The Morgan fingerprint density at radius 2 is 1.61 bits per heavy atom. The van der Waals surface area contributed by atoms with Crippen LogP contribution in [0.2, 0.25) is 0 Å². The second-order valence-electron chi connectivity index (χ2n) is 4.66. The van der Waals surface area contributed by atoms with E-state index in [-0.39, 0.29) is 6.61 Å². The molecule has 0 heterocycles. The van der Waals surface area contributed by atoms with E-state index in [1.54, 1.807) is 20.8 Å². The van der Waals surface area contributed by atoms with Crippen molar-refractivity contribution in [1.29, 1.82) is 0 Å². The van der Waals surface area contributed by atoms with Crippen LogP contribution in [0.15, 0.2) is 0 Å². The maximum atomic E-state index is 11.7. The molecule has 0 rings (SSSR count). The van der Waals surface area contributed by atoms with Crippen LogP contribution in [-0.2, 0) is 28.7 Å². The SMILES string of the molecule is CCOC(=O)C(=O)C(C(C)=O)C(=O)OC(C)(C)C. The third-order valence-corrected chi connectivity index (χ3v) is 1.79. The predicted octanol–water partition coefficient (Wildman–Crippen LogP) is 0.665. The number of ketones is 2. The molecule has 0 aliphatic carbocycles. The van der Waals surface area contributed by atoms with Crippen LogP contribution in [0.3, 0.4) is 0 Å². The summed E-state index contributed by atoms with van der Waals surface area (Å²) in [6.45, 7) is 7.33. The van der Waals surface area contributed by atoms with Gasteiger partial charge in [0.15, 0.2) is 11.7 Å². The van der Waals surface area contributed by atoms with Gasteiger partial charge in [-0.2, -0.15) is 0 Å². The highest BCUT2D eigenvalue weighted by atomic mass is 16.6. The number of Topliss-reactive ketones (excluding diaryl/α,β-unsaturated/α-hetero) is 2. The van der Waals surface area contributed by atoms with Crippen molar-refractivity contribution in [3.8, 4) is 0 Å². The highest BCUT2D eigenvalue weighted by Crippen LogP contribution is 2.13. The summed E-state index contributed by atoms with van der Waals surface area (Å²) in [5.74, 6) is -5.93. The molecule has 0 fully saturated rings. The van der Waals surface area contributed by atoms with E-state index < -0.39 is 35.0 Å². The molecule has 0 bridgehead atoms. The van der Waals surface area contributed by atoms with Crippen molar-refractivity contribution in [3.63, 3.8) is 0 Å². The van der Waals surface area contributed by atoms with Crippen LogP contribution in [0, 0.1) is 5.92 Å². The van der Waals surface area contributed by atoms with Gasteiger partial charge < -0.3 is 9.47 Å². The Bertz CT molecular complexity index is 363. The first kappa shape index (κ1) is 16.3. The molecule has 0 aromatic rings. The maximum Gasteiger partial charge on any atom is 0.376 e. The van der Waals surface area contributed by atoms with Crippen LogP contribution >= 0.6 is 0 Å². The highest BCUT2D eigenvalue weighted by Gasteiger charge is 2.39. The van der Waals surface area contributed by atoms with Gasteiger partial charge in [-0.15, -0.1) is 0 Å². The van der Waals surface area contributed by atoms with Crippen molar-refractivity contribution >= 4 is 23.5 Å². The number of ether oxygens (including phenoxy) is 2. The molecular weight excluding hydrogens is 240 g/mol. The molecule has 6 heteroatoms. The third kappa shape index (κ3) is 5.07. The molecule has 0 aliphatic heterocycles. The van der Waals surface area contributed by atoms with Gasteiger partial charge in [0, 0.05) is 0 Å². The first-order valence-electron chi connectivity index (χ1n) is 5.54. The molecule has 1 atom stereocenters. The Labute approximate surface area is 106 Å². The van der Waals surface area contributed by atoms with Crippen LogP contribution in [0.5, 0.6) is 0 Å². The fourth-order valence-electron chi connectivity index (χ4n) is 1.14. The Balaban J connectivity index is 4.98. The summed E-state index contributed by atoms with van der Waals surface area (Å²) in [7, 11) is 0. The van der Waals surface area contributed by atoms with Crippen LogP contribution in [0.1, 0.15) is 34.6 Å². The van der Waals surface area contributed by atoms with Crippen LogP contribution < -0.4 is 0 Å². The predicted molar refractivity (Wildman–Crippen MR) is 61.7 cm³/mol. The largest absolute Gasteiger partial charge is 0.460 e. The second kappa shape index (κ2) is 6.28. The number of hydrogen-bond acceptors (Lipinski definition) is 6. The second-order valence-corrected chi connectivity index (χ2v) is 4.66. The summed E-state index contributed by atoms with van der Waals surface area (Å²) >= 11 is 0. The maximum absolute atomic E-state index is 11.7. The van der Waals surface area contributed by atoms with Crippen molar-refractivity contribution in [3.05, 3.63) is 0 Å². The van der Waals surface area contributed by atoms with Gasteiger partial charge in [-0.05, 0) is 34.6 Å². The Kier molecular flexibility index (Phi) is 5.68. The lowest BCUT2D eigenvalue weighted by Crippen LogP contribution is -2.40. The average Bonchev–Trinajstić information content (AvgIpc) is 2.14. The summed E-state index contributed by atoms with van der Waals surface area (Å²) in [6.07, 6.45) is 0. The zero-order valence-electron chi connectivity index (χ0n) is 11.2. The number of carbonyl (C=O) groups excluding carboxylic acids is 4. The van der Waals surface area contributed by atoms with Gasteiger partial charge in [0.25, 0.3) is 5.78 Å². The van der Waals surface area contributed by atoms with E-state index in [9.17, 15) is 19.2 Å². The summed E-state index contributed by atoms with van der Waals surface area (Å²) in [5, 5.41) is 0. The molecule has 0 spiro atoms. The molecule has 0 aromatic carbocycles. The Hall–Kier alpha value is -1.72. The fourth-order valence-corrected chi connectivity index (χ4v) is 1.14. The molecular formula is C12H18O6. The average molecular weight is 258 g/mol. The van der Waals surface area contributed by atoms with Crippen molar-refractivity contribution in [2.24, 2.45) is 5.92 Å². The van der Waals surface area contributed by atoms with Crippen molar-refractivity contribution in [2.75, 3.05) is 6.61 Å². The summed E-state index contributed by atoms with van der Waals surface area (Å²) in [4.78, 5) is 45.8. The Morgan fingerprint density at radius 1 is 1.11 bits per heavy atom. The van der Waals surface area contributed by atoms with E-state index in [1.807, 2.05) is 0 Å². The third-order valence-electron chi connectivity index (χ3n) is 1.79. The van der Waals surface area contributed by atoms with Gasteiger partial charge in [-0.3, -0.25) is 14.4 Å². The summed E-state index contributed by atoms with van der Waals surface area (Å²) < 4.78 is 9.39. The molecule has 1 unspecified atom stereocenters. The molecule has 18 heavy (non-hydrogen) atoms. The minimum atomic E-state index is -1.75. The quantitative estimate of drug-likeness (QED) is 0.409. The van der Waals surface area contributed by atoms with Gasteiger partial charge in [-0.1, -0.05) is 0 Å². The smallest absolute Gasteiger partial charge is 0.376 e. The molecule has 102 valence electrons. The highest BCUT2D eigenvalue weighted by molar-refractivity contribution is 6.43. The van der Waals surface area contributed by atoms with E-state index >= 15 is 0 Å².